The van der Waals surface area contributed by atoms with Crippen molar-refractivity contribution in [3.63, 3.8) is 0 Å². The Hall–Kier alpha value is -1.43. The summed E-state index contributed by atoms with van der Waals surface area (Å²) < 4.78 is 0. The Morgan fingerprint density at radius 3 is 2.48 bits per heavy atom. The number of nitrogens with zero attached hydrogens (tertiary/aromatic N) is 1. The van der Waals surface area contributed by atoms with Crippen LogP contribution in [-0.4, -0.2) is 42.5 Å². The molecule has 0 radical (unpaired) electrons. The highest BCUT2D eigenvalue weighted by molar-refractivity contribution is 5.81. The highest BCUT2D eigenvalue weighted by Crippen LogP contribution is 2.33. The molecule has 3 fully saturated rings. The summed E-state index contributed by atoms with van der Waals surface area (Å²) in [6.45, 7) is 2.61. The van der Waals surface area contributed by atoms with Crippen LogP contribution >= 0.6 is 0 Å². The van der Waals surface area contributed by atoms with E-state index in [-0.39, 0.29) is 12.0 Å². The number of hydrogen-bond donors (Lipinski definition) is 3. The maximum Gasteiger partial charge on any atom is 0.229 e. The van der Waals surface area contributed by atoms with Gasteiger partial charge in [-0.3, -0.25) is 10.2 Å². The molecule has 2 unspecified atom stereocenters. The second-order valence-electron chi connectivity index (χ2n) is 6.31. The number of amides is 1. The third kappa shape index (κ3) is 2.25. The van der Waals surface area contributed by atoms with Crippen molar-refractivity contribution < 1.29 is 4.79 Å². The van der Waals surface area contributed by atoms with Crippen LogP contribution < -0.4 is 16.2 Å². The molecular formula is C16H22N4O. The molecule has 4 rings (SSSR count). The minimum atomic E-state index is -0.00593. The topological polar surface area (TPSA) is 56.4 Å². The van der Waals surface area contributed by atoms with Gasteiger partial charge in [-0.1, -0.05) is 30.3 Å². The Labute approximate surface area is 125 Å². The molecule has 21 heavy (non-hydrogen) atoms. The molecule has 3 N–H and O–H groups in total. The van der Waals surface area contributed by atoms with Gasteiger partial charge >= 0.3 is 0 Å². The van der Waals surface area contributed by atoms with Crippen molar-refractivity contribution >= 4 is 5.91 Å². The number of piperazine rings is 1. The van der Waals surface area contributed by atoms with Crippen molar-refractivity contribution in [1.82, 2.24) is 21.1 Å². The molecule has 5 heteroatoms. The summed E-state index contributed by atoms with van der Waals surface area (Å²) in [6, 6.07) is 11.1. The first-order valence-electron chi connectivity index (χ1n) is 7.91. The van der Waals surface area contributed by atoms with E-state index in [2.05, 4.69) is 33.2 Å². The molecule has 2 bridgehead atoms. The van der Waals surface area contributed by atoms with Gasteiger partial charge in [-0.25, -0.2) is 5.43 Å². The molecule has 1 aromatic carbocycles. The Morgan fingerprint density at radius 2 is 1.76 bits per heavy atom. The fourth-order valence-electron chi connectivity index (χ4n) is 4.03. The molecule has 0 saturated carbocycles. The van der Waals surface area contributed by atoms with Gasteiger partial charge in [-0.15, -0.1) is 0 Å². The standard InChI is InChI=1S/C16H22N4O/c21-16(20-12-6-7-13(20)9-17-8-12)14-10-18-19-15(14)11-4-2-1-3-5-11/h1-5,12-15,17-19H,6-10H2/t12-,13+,14?,15?. The molecule has 0 aliphatic carbocycles. The predicted octanol–water partition coefficient (Wildman–Crippen LogP) is 0.415. The van der Waals surface area contributed by atoms with Crippen LogP contribution in [0.3, 0.4) is 0 Å². The summed E-state index contributed by atoms with van der Waals surface area (Å²) in [7, 11) is 0. The molecule has 3 heterocycles. The minimum Gasteiger partial charge on any atom is -0.334 e. The van der Waals surface area contributed by atoms with Crippen molar-refractivity contribution in [2.45, 2.75) is 31.0 Å². The van der Waals surface area contributed by atoms with E-state index in [1.165, 1.54) is 5.56 Å². The Balaban J connectivity index is 1.56. The van der Waals surface area contributed by atoms with Gasteiger partial charge in [0.05, 0.1) is 12.0 Å². The van der Waals surface area contributed by atoms with Crippen LogP contribution in [0.4, 0.5) is 0 Å². The van der Waals surface area contributed by atoms with Gasteiger partial charge < -0.3 is 10.2 Å². The zero-order chi connectivity index (χ0) is 14.2. The van der Waals surface area contributed by atoms with Gasteiger partial charge in [0, 0.05) is 31.7 Å². The summed E-state index contributed by atoms with van der Waals surface area (Å²) in [4.78, 5) is 15.2. The lowest BCUT2D eigenvalue weighted by Crippen LogP contribution is -2.56. The molecule has 3 aliphatic heterocycles. The quantitative estimate of drug-likeness (QED) is 0.737. The van der Waals surface area contributed by atoms with Gasteiger partial charge in [0.25, 0.3) is 0 Å². The molecule has 1 amide bonds. The third-order valence-electron chi connectivity index (χ3n) is 5.09. The molecule has 3 saturated heterocycles. The molecular weight excluding hydrogens is 264 g/mol. The lowest BCUT2D eigenvalue weighted by Gasteiger charge is -2.37. The number of rotatable bonds is 2. The van der Waals surface area contributed by atoms with Gasteiger partial charge in [0.15, 0.2) is 0 Å². The Bertz CT molecular complexity index is 504. The lowest BCUT2D eigenvalue weighted by molar-refractivity contribution is -0.139. The predicted molar refractivity (Wildman–Crippen MR) is 80.3 cm³/mol. The van der Waals surface area contributed by atoms with Crippen LogP contribution in [0.15, 0.2) is 30.3 Å². The van der Waals surface area contributed by atoms with Gasteiger partial charge in [-0.2, -0.15) is 0 Å². The Morgan fingerprint density at radius 1 is 1.05 bits per heavy atom. The van der Waals surface area contributed by atoms with Crippen LogP contribution in [0, 0.1) is 5.92 Å². The summed E-state index contributed by atoms with van der Waals surface area (Å²) in [5.41, 5.74) is 7.64. The zero-order valence-electron chi connectivity index (χ0n) is 12.1. The molecule has 5 nitrogen and oxygen atoms in total. The second kappa shape index (κ2) is 5.40. The number of hydrogen-bond acceptors (Lipinski definition) is 4. The number of nitrogens with one attached hydrogen (secondary N) is 3. The summed E-state index contributed by atoms with van der Waals surface area (Å²) in [5.74, 6) is 0.309. The number of carbonyl (C=O) groups is 1. The fraction of sp³-hybridized carbons (Fsp3) is 0.562. The van der Waals surface area contributed by atoms with Crippen molar-refractivity contribution in [3.8, 4) is 0 Å². The zero-order valence-corrected chi connectivity index (χ0v) is 12.1. The van der Waals surface area contributed by atoms with Gasteiger partial charge in [0.2, 0.25) is 5.91 Å². The number of fused-ring (bicyclic) bond motifs is 2. The summed E-state index contributed by atoms with van der Waals surface area (Å²) in [5, 5.41) is 3.44. The molecule has 3 aliphatic rings. The van der Waals surface area contributed by atoms with E-state index in [9.17, 15) is 4.79 Å². The Kier molecular flexibility index (Phi) is 3.41. The van der Waals surface area contributed by atoms with Crippen molar-refractivity contribution in [2.24, 2.45) is 5.92 Å². The first-order chi connectivity index (χ1) is 10.3. The first-order valence-corrected chi connectivity index (χ1v) is 7.91. The van der Waals surface area contributed by atoms with E-state index in [1.54, 1.807) is 0 Å². The molecule has 4 atom stereocenters. The van der Waals surface area contributed by atoms with Crippen molar-refractivity contribution in [3.05, 3.63) is 35.9 Å². The SMILES string of the molecule is O=C(C1CNNC1c1ccccc1)N1[C@@H]2CC[C@H]1CNC2. The molecule has 1 aromatic rings. The highest BCUT2D eigenvalue weighted by atomic mass is 16.2. The first kappa shape index (κ1) is 13.2. The van der Waals surface area contributed by atoms with Gasteiger partial charge in [-0.05, 0) is 18.4 Å². The van der Waals surface area contributed by atoms with E-state index in [1.807, 2.05) is 18.2 Å². The minimum absolute atomic E-state index is 0.00593. The maximum atomic E-state index is 13.1. The normalized spacial score (nSPS) is 35.1. The lowest BCUT2D eigenvalue weighted by atomic mass is 9.93. The molecule has 0 spiro atoms. The van der Waals surface area contributed by atoms with Crippen molar-refractivity contribution in [1.29, 1.82) is 0 Å². The average molecular weight is 286 g/mol. The highest BCUT2D eigenvalue weighted by Gasteiger charge is 2.45. The summed E-state index contributed by atoms with van der Waals surface area (Å²) in [6.07, 6.45) is 2.29. The van der Waals surface area contributed by atoms with Crippen LogP contribution in [0.25, 0.3) is 0 Å². The smallest absolute Gasteiger partial charge is 0.229 e. The number of carbonyl (C=O) groups excluding carboxylic acids is 1. The third-order valence-corrected chi connectivity index (χ3v) is 5.09. The number of hydrazine groups is 1. The van der Waals surface area contributed by atoms with E-state index >= 15 is 0 Å². The van der Waals surface area contributed by atoms with Crippen LogP contribution in [0.1, 0.15) is 24.4 Å². The monoisotopic (exact) mass is 286 g/mol. The van der Waals surface area contributed by atoms with E-state index < -0.39 is 0 Å². The van der Waals surface area contributed by atoms with Gasteiger partial charge in [0.1, 0.15) is 0 Å². The van der Waals surface area contributed by atoms with Crippen LogP contribution in [0.5, 0.6) is 0 Å². The maximum absolute atomic E-state index is 13.1. The molecule has 0 aromatic heterocycles. The second-order valence-corrected chi connectivity index (χ2v) is 6.31. The van der Waals surface area contributed by atoms with E-state index in [0.29, 0.717) is 24.5 Å². The number of benzene rings is 1. The van der Waals surface area contributed by atoms with Crippen LogP contribution in [0.2, 0.25) is 0 Å². The van der Waals surface area contributed by atoms with E-state index in [0.717, 1.165) is 25.9 Å². The van der Waals surface area contributed by atoms with Crippen molar-refractivity contribution in [2.75, 3.05) is 19.6 Å². The largest absolute Gasteiger partial charge is 0.334 e. The summed E-state index contributed by atoms with van der Waals surface area (Å²) >= 11 is 0. The van der Waals surface area contributed by atoms with Crippen LogP contribution in [-0.2, 0) is 4.79 Å². The van der Waals surface area contributed by atoms with E-state index in [4.69, 9.17) is 0 Å². The average Bonchev–Trinajstić information content (AvgIpc) is 3.11. The molecule has 112 valence electrons. The fourth-order valence-corrected chi connectivity index (χ4v) is 4.03.